The molecule has 0 spiro atoms. The van der Waals surface area contributed by atoms with Gasteiger partial charge in [0.05, 0.1) is 12.4 Å². The number of ketones is 1. The lowest BCUT2D eigenvalue weighted by Gasteiger charge is -2.21. The summed E-state index contributed by atoms with van der Waals surface area (Å²) in [6.07, 6.45) is -0.630. The van der Waals surface area contributed by atoms with Crippen molar-refractivity contribution in [1.82, 2.24) is 0 Å². The first-order valence-corrected chi connectivity index (χ1v) is 7.83. The molecule has 120 valence electrons. The number of hydrogen-bond acceptors (Lipinski definition) is 3. The lowest BCUT2D eigenvalue weighted by atomic mass is 10.2. The van der Waals surface area contributed by atoms with Crippen molar-refractivity contribution in [1.29, 1.82) is 0 Å². The average molecular weight is 352 g/mol. The van der Waals surface area contributed by atoms with Crippen LogP contribution in [0.25, 0.3) is 0 Å². The zero-order valence-electron chi connectivity index (χ0n) is 12.2. The molecule has 0 bridgehead atoms. The van der Waals surface area contributed by atoms with Crippen LogP contribution >= 0.6 is 23.2 Å². The number of alkyl halides is 1. The summed E-state index contributed by atoms with van der Waals surface area (Å²) < 4.78 is 5.28. The molecule has 0 atom stereocenters. The molecular formula is C17H15Cl2NO3. The molecular weight excluding hydrogens is 337 g/mol. The monoisotopic (exact) mass is 351 g/mol. The third kappa shape index (κ3) is 5.27. The summed E-state index contributed by atoms with van der Waals surface area (Å²) in [7, 11) is 0. The summed E-state index contributed by atoms with van der Waals surface area (Å²) in [5, 5.41) is 0.460. The Bertz CT molecular complexity index is 677. The van der Waals surface area contributed by atoms with Gasteiger partial charge < -0.3 is 4.74 Å². The minimum atomic E-state index is -0.630. The zero-order valence-corrected chi connectivity index (χ0v) is 13.8. The lowest BCUT2D eigenvalue weighted by molar-refractivity contribution is -0.115. The van der Waals surface area contributed by atoms with E-state index in [1.807, 2.05) is 30.3 Å². The Hall–Kier alpha value is -2.04. The van der Waals surface area contributed by atoms with Crippen LogP contribution in [0.5, 0.6) is 0 Å². The first-order valence-electron chi connectivity index (χ1n) is 6.91. The van der Waals surface area contributed by atoms with E-state index in [1.54, 1.807) is 24.3 Å². The van der Waals surface area contributed by atoms with Gasteiger partial charge in [-0.15, -0.1) is 11.6 Å². The minimum Gasteiger partial charge on any atom is -0.444 e. The van der Waals surface area contributed by atoms with Crippen LogP contribution in [-0.4, -0.2) is 24.3 Å². The normalized spacial score (nSPS) is 10.2. The van der Waals surface area contributed by atoms with E-state index in [4.69, 9.17) is 27.9 Å². The van der Waals surface area contributed by atoms with Crippen molar-refractivity contribution >= 4 is 40.8 Å². The fraction of sp³-hybridized carbons (Fsp3) is 0.176. The van der Waals surface area contributed by atoms with Crippen LogP contribution < -0.4 is 4.90 Å². The van der Waals surface area contributed by atoms with E-state index in [0.717, 1.165) is 5.56 Å². The molecule has 0 heterocycles. The molecule has 4 nitrogen and oxygen atoms in total. The quantitative estimate of drug-likeness (QED) is 0.729. The molecule has 1 amide bonds. The Balaban J connectivity index is 2.12. The Kier molecular flexibility index (Phi) is 6.44. The predicted octanol–water partition coefficient (Wildman–Crippen LogP) is 4.29. The van der Waals surface area contributed by atoms with Crippen LogP contribution in [-0.2, 0) is 16.1 Å². The second-order valence-corrected chi connectivity index (χ2v) is 5.48. The highest BCUT2D eigenvalue weighted by Gasteiger charge is 2.20. The highest BCUT2D eigenvalue weighted by molar-refractivity contribution is 6.31. The van der Waals surface area contributed by atoms with Gasteiger partial charge in [-0.25, -0.2) is 4.79 Å². The SMILES string of the molecule is O=C(CCl)CN(C(=O)OCc1ccccc1)c1cccc(Cl)c1. The highest BCUT2D eigenvalue weighted by atomic mass is 35.5. The van der Waals surface area contributed by atoms with Crippen molar-refractivity contribution in [2.45, 2.75) is 6.61 Å². The maximum atomic E-state index is 12.3. The van der Waals surface area contributed by atoms with E-state index in [9.17, 15) is 9.59 Å². The van der Waals surface area contributed by atoms with E-state index in [2.05, 4.69) is 0 Å². The maximum Gasteiger partial charge on any atom is 0.415 e. The summed E-state index contributed by atoms with van der Waals surface area (Å²) in [6.45, 7) is -0.0523. The molecule has 6 heteroatoms. The van der Waals surface area contributed by atoms with E-state index in [1.165, 1.54) is 4.90 Å². The number of carbonyl (C=O) groups is 2. The molecule has 0 saturated heterocycles. The Morgan fingerprint density at radius 2 is 1.78 bits per heavy atom. The molecule has 0 aliphatic rings. The van der Waals surface area contributed by atoms with Gasteiger partial charge in [0.2, 0.25) is 0 Å². The van der Waals surface area contributed by atoms with Crippen molar-refractivity contribution in [3.05, 3.63) is 65.2 Å². The van der Waals surface area contributed by atoms with Gasteiger partial charge >= 0.3 is 6.09 Å². The molecule has 2 rings (SSSR count). The molecule has 0 aliphatic carbocycles. The number of carbonyl (C=O) groups excluding carboxylic acids is 2. The van der Waals surface area contributed by atoms with Gasteiger partial charge in [-0.1, -0.05) is 48.0 Å². The summed E-state index contributed by atoms with van der Waals surface area (Å²) in [6, 6.07) is 15.9. The number of Topliss-reactive ketones (excluding diaryl/α,β-unsaturated/α-hetero) is 1. The highest BCUT2D eigenvalue weighted by Crippen LogP contribution is 2.20. The third-order valence-corrected chi connectivity index (χ3v) is 3.56. The van der Waals surface area contributed by atoms with Gasteiger partial charge in [0, 0.05) is 10.7 Å². The minimum absolute atomic E-state index is 0.117. The number of nitrogens with zero attached hydrogens (tertiary/aromatic N) is 1. The van der Waals surface area contributed by atoms with Gasteiger partial charge in [-0.05, 0) is 23.8 Å². The summed E-state index contributed by atoms with van der Waals surface area (Å²) in [4.78, 5) is 25.2. The fourth-order valence-corrected chi connectivity index (χ4v) is 2.19. The zero-order chi connectivity index (χ0) is 16.7. The van der Waals surface area contributed by atoms with Crippen LogP contribution in [0.4, 0.5) is 10.5 Å². The van der Waals surface area contributed by atoms with E-state index >= 15 is 0 Å². The van der Waals surface area contributed by atoms with Crippen molar-refractivity contribution < 1.29 is 14.3 Å². The Labute approximate surface area is 144 Å². The number of anilines is 1. The molecule has 0 saturated carbocycles. The maximum absolute atomic E-state index is 12.3. The summed E-state index contributed by atoms with van der Waals surface area (Å²) in [5.74, 6) is -0.466. The molecule has 0 fully saturated rings. The van der Waals surface area contributed by atoms with Gasteiger partial charge in [0.25, 0.3) is 0 Å². The molecule has 2 aromatic rings. The molecule has 0 radical (unpaired) electrons. The largest absolute Gasteiger partial charge is 0.444 e. The van der Waals surface area contributed by atoms with Crippen molar-refractivity contribution in [2.24, 2.45) is 0 Å². The second kappa shape index (κ2) is 8.56. The fourth-order valence-electron chi connectivity index (χ4n) is 1.92. The number of halogens is 2. The Morgan fingerprint density at radius 3 is 2.43 bits per heavy atom. The van der Waals surface area contributed by atoms with Gasteiger partial charge in [-0.3, -0.25) is 9.69 Å². The van der Waals surface area contributed by atoms with E-state index in [-0.39, 0.29) is 24.8 Å². The van der Waals surface area contributed by atoms with Gasteiger partial charge in [0.15, 0.2) is 5.78 Å². The van der Waals surface area contributed by atoms with Crippen molar-refractivity contribution in [3.8, 4) is 0 Å². The number of hydrogen-bond donors (Lipinski definition) is 0. The van der Waals surface area contributed by atoms with Gasteiger partial charge in [0.1, 0.15) is 6.61 Å². The molecule has 0 aromatic heterocycles. The molecule has 0 unspecified atom stereocenters. The third-order valence-electron chi connectivity index (χ3n) is 3.03. The standard InChI is InChI=1S/C17H15Cl2NO3/c18-10-16(21)11-20(15-8-4-7-14(19)9-15)17(22)23-12-13-5-2-1-3-6-13/h1-9H,10-12H2. The molecule has 23 heavy (non-hydrogen) atoms. The average Bonchev–Trinajstić information content (AvgIpc) is 2.58. The smallest absolute Gasteiger partial charge is 0.415 e. The number of amides is 1. The molecule has 0 N–H and O–H groups in total. The van der Waals surface area contributed by atoms with Crippen LogP contribution in [0.1, 0.15) is 5.56 Å². The van der Waals surface area contributed by atoms with Crippen LogP contribution in [0.3, 0.4) is 0 Å². The lowest BCUT2D eigenvalue weighted by Crippen LogP contribution is -2.36. The molecule has 2 aromatic carbocycles. The van der Waals surface area contributed by atoms with Crippen LogP contribution in [0.15, 0.2) is 54.6 Å². The topological polar surface area (TPSA) is 46.6 Å². The summed E-state index contributed by atoms with van der Waals surface area (Å²) in [5.41, 5.74) is 1.34. The first-order chi connectivity index (χ1) is 11.1. The predicted molar refractivity (Wildman–Crippen MR) is 91.2 cm³/mol. The van der Waals surface area contributed by atoms with E-state index < -0.39 is 6.09 Å². The van der Waals surface area contributed by atoms with E-state index in [0.29, 0.717) is 10.7 Å². The molecule has 0 aliphatic heterocycles. The summed E-state index contributed by atoms with van der Waals surface area (Å²) >= 11 is 11.5. The van der Waals surface area contributed by atoms with Gasteiger partial charge in [-0.2, -0.15) is 0 Å². The second-order valence-electron chi connectivity index (χ2n) is 4.78. The van der Waals surface area contributed by atoms with Crippen LogP contribution in [0.2, 0.25) is 5.02 Å². The number of benzene rings is 2. The van der Waals surface area contributed by atoms with Crippen molar-refractivity contribution in [2.75, 3.05) is 17.3 Å². The first kappa shape index (κ1) is 17.3. The number of rotatable bonds is 6. The number of ether oxygens (including phenoxy) is 1. The van der Waals surface area contributed by atoms with Crippen LogP contribution in [0, 0.1) is 0 Å². The van der Waals surface area contributed by atoms with Crippen molar-refractivity contribution in [3.63, 3.8) is 0 Å². The Morgan fingerprint density at radius 1 is 1.04 bits per heavy atom.